The second-order valence-electron chi connectivity index (χ2n) is 4.92. The molecule has 0 saturated carbocycles. The molecule has 0 aliphatic heterocycles. The van der Waals surface area contributed by atoms with Gasteiger partial charge >= 0.3 is 0 Å². The standard InChI is InChI=1S/C16H18N4S/c1-3-7-17-15-11(2)16(19-10-18-15)20-13-4-5-14-12(9-13)6-8-21-14/h4-6,8-10H,3,7H2,1-2H3,(H2,17,18,19,20). The van der Waals surface area contributed by atoms with Crippen LogP contribution in [0.5, 0.6) is 0 Å². The van der Waals surface area contributed by atoms with Gasteiger partial charge in [0.2, 0.25) is 0 Å². The van der Waals surface area contributed by atoms with Gasteiger partial charge in [0.05, 0.1) is 0 Å². The van der Waals surface area contributed by atoms with Gasteiger partial charge in [0.25, 0.3) is 0 Å². The number of thiophene rings is 1. The Bertz CT molecular complexity index is 751. The fraction of sp³-hybridized carbons (Fsp3) is 0.250. The maximum atomic E-state index is 4.35. The van der Waals surface area contributed by atoms with E-state index < -0.39 is 0 Å². The zero-order valence-corrected chi connectivity index (χ0v) is 13.0. The summed E-state index contributed by atoms with van der Waals surface area (Å²) in [5.74, 6) is 1.74. The lowest BCUT2D eigenvalue weighted by molar-refractivity contribution is 0.960. The molecule has 0 radical (unpaired) electrons. The molecule has 21 heavy (non-hydrogen) atoms. The number of rotatable bonds is 5. The zero-order valence-electron chi connectivity index (χ0n) is 12.2. The third kappa shape index (κ3) is 2.97. The SMILES string of the molecule is CCCNc1ncnc(Nc2ccc3sccc3c2)c1C. The summed E-state index contributed by atoms with van der Waals surface area (Å²) in [6.45, 7) is 5.08. The van der Waals surface area contributed by atoms with Crippen molar-refractivity contribution in [2.24, 2.45) is 0 Å². The number of anilines is 3. The van der Waals surface area contributed by atoms with E-state index in [0.717, 1.165) is 35.9 Å². The summed E-state index contributed by atoms with van der Waals surface area (Å²) in [6.07, 6.45) is 2.66. The van der Waals surface area contributed by atoms with Gasteiger partial charge in [-0.05, 0) is 48.4 Å². The van der Waals surface area contributed by atoms with Gasteiger partial charge in [-0.15, -0.1) is 11.3 Å². The van der Waals surface area contributed by atoms with Crippen molar-refractivity contribution in [2.75, 3.05) is 17.2 Å². The van der Waals surface area contributed by atoms with Gasteiger partial charge in [-0.2, -0.15) is 0 Å². The lowest BCUT2D eigenvalue weighted by Gasteiger charge is -2.12. The molecular formula is C16H18N4S. The molecule has 0 atom stereocenters. The van der Waals surface area contributed by atoms with Crippen molar-refractivity contribution in [3.8, 4) is 0 Å². The highest BCUT2D eigenvalue weighted by Gasteiger charge is 2.07. The largest absolute Gasteiger partial charge is 0.370 e. The number of benzene rings is 1. The van der Waals surface area contributed by atoms with Crippen molar-refractivity contribution in [1.29, 1.82) is 0 Å². The second-order valence-corrected chi connectivity index (χ2v) is 5.87. The van der Waals surface area contributed by atoms with Crippen molar-refractivity contribution in [3.63, 3.8) is 0 Å². The van der Waals surface area contributed by atoms with Crippen LogP contribution in [0.3, 0.4) is 0 Å². The molecule has 0 aliphatic rings. The first-order chi connectivity index (χ1) is 10.3. The van der Waals surface area contributed by atoms with Crippen LogP contribution in [-0.2, 0) is 0 Å². The average Bonchev–Trinajstić information content (AvgIpc) is 2.96. The van der Waals surface area contributed by atoms with Gasteiger partial charge in [-0.25, -0.2) is 9.97 Å². The van der Waals surface area contributed by atoms with Gasteiger partial charge in [0.1, 0.15) is 18.0 Å². The number of fused-ring (bicyclic) bond motifs is 1. The van der Waals surface area contributed by atoms with E-state index in [4.69, 9.17) is 0 Å². The molecule has 5 heteroatoms. The number of aromatic nitrogens is 2. The van der Waals surface area contributed by atoms with Crippen LogP contribution in [0, 0.1) is 6.92 Å². The maximum absolute atomic E-state index is 4.35. The number of nitrogens with zero attached hydrogens (tertiary/aromatic N) is 2. The fourth-order valence-electron chi connectivity index (χ4n) is 2.18. The van der Waals surface area contributed by atoms with Gasteiger partial charge < -0.3 is 10.6 Å². The Hall–Kier alpha value is -2.14. The molecule has 0 unspecified atom stereocenters. The third-order valence-corrected chi connectivity index (χ3v) is 4.24. The van der Waals surface area contributed by atoms with E-state index in [1.54, 1.807) is 17.7 Å². The lowest BCUT2D eigenvalue weighted by atomic mass is 10.2. The smallest absolute Gasteiger partial charge is 0.138 e. The molecule has 0 bridgehead atoms. The van der Waals surface area contributed by atoms with Gasteiger partial charge in [0, 0.05) is 22.5 Å². The predicted octanol–water partition coefficient (Wildman–Crippen LogP) is 4.57. The van der Waals surface area contributed by atoms with Gasteiger partial charge in [-0.1, -0.05) is 6.92 Å². The third-order valence-electron chi connectivity index (χ3n) is 3.34. The number of hydrogen-bond donors (Lipinski definition) is 2. The molecule has 1 aromatic carbocycles. The Morgan fingerprint density at radius 2 is 2.00 bits per heavy atom. The maximum Gasteiger partial charge on any atom is 0.138 e. The molecule has 0 fully saturated rings. The summed E-state index contributed by atoms with van der Waals surface area (Å²) in [4.78, 5) is 8.65. The predicted molar refractivity (Wildman–Crippen MR) is 90.7 cm³/mol. The van der Waals surface area contributed by atoms with Gasteiger partial charge in [-0.3, -0.25) is 0 Å². The summed E-state index contributed by atoms with van der Waals surface area (Å²) in [5, 5.41) is 10.1. The van der Waals surface area contributed by atoms with Crippen LogP contribution in [0.2, 0.25) is 0 Å². The first-order valence-corrected chi connectivity index (χ1v) is 7.95. The molecule has 0 aliphatic carbocycles. The van der Waals surface area contributed by atoms with E-state index in [1.165, 1.54) is 10.1 Å². The van der Waals surface area contributed by atoms with Gasteiger partial charge in [0.15, 0.2) is 0 Å². The highest BCUT2D eigenvalue weighted by Crippen LogP contribution is 2.27. The number of hydrogen-bond acceptors (Lipinski definition) is 5. The summed E-state index contributed by atoms with van der Waals surface area (Å²) in [5.41, 5.74) is 2.08. The summed E-state index contributed by atoms with van der Waals surface area (Å²) in [7, 11) is 0. The molecule has 3 aromatic rings. The van der Waals surface area contributed by atoms with Crippen molar-refractivity contribution >= 4 is 38.7 Å². The van der Waals surface area contributed by atoms with Crippen LogP contribution in [0.4, 0.5) is 17.3 Å². The lowest BCUT2D eigenvalue weighted by Crippen LogP contribution is -2.06. The van der Waals surface area contributed by atoms with Crippen LogP contribution < -0.4 is 10.6 Å². The van der Waals surface area contributed by atoms with Crippen LogP contribution in [0.25, 0.3) is 10.1 Å². The van der Waals surface area contributed by atoms with Crippen LogP contribution >= 0.6 is 11.3 Å². The van der Waals surface area contributed by atoms with E-state index in [9.17, 15) is 0 Å². The Morgan fingerprint density at radius 3 is 2.86 bits per heavy atom. The van der Waals surface area contributed by atoms with Crippen molar-refractivity contribution in [2.45, 2.75) is 20.3 Å². The topological polar surface area (TPSA) is 49.8 Å². The Kier molecular flexibility index (Phi) is 4.01. The normalized spacial score (nSPS) is 10.8. The van der Waals surface area contributed by atoms with E-state index in [-0.39, 0.29) is 0 Å². The summed E-state index contributed by atoms with van der Waals surface area (Å²) >= 11 is 1.75. The molecule has 2 aromatic heterocycles. The quantitative estimate of drug-likeness (QED) is 0.724. The molecule has 0 amide bonds. The summed E-state index contributed by atoms with van der Waals surface area (Å²) in [6, 6.07) is 8.49. The molecule has 108 valence electrons. The zero-order chi connectivity index (χ0) is 14.7. The molecule has 4 nitrogen and oxygen atoms in total. The van der Waals surface area contributed by atoms with Crippen molar-refractivity contribution in [1.82, 2.24) is 9.97 Å². The first kappa shape index (κ1) is 13.8. The Labute approximate surface area is 128 Å². The van der Waals surface area contributed by atoms with E-state index in [0.29, 0.717) is 0 Å². The van der Waals surface area contributed by atoms with Crippen LogP contribution in [0.1, 0.15) is 18.9 Å². The minimum absolute atomic E-state index is 0.846. The van der Waals surface area contributed by atoms with E-state index in [1.807, 2.05) is 6.92 Å². The first-order valence-electron chi connectivity index (χ1n) is 7.07. The minimum atomic E-state index is 0.846. The number of nitrogens with one attached hydrogen (secondary N) is 2. The minimum Gasteiger partial charge on any atom is -0.370 e. The van der Waals surface area contributed by atoms with E-state index in [2.05, 4.69) is 57.2 Å². The van der Waals surface area contributed by atoms with E-state index >= 15 is 0 Å². The summed E-state index contributed by atoms with van der Waals surface area (Å²) < 4.78 is 1.30. The Morgan fingerprint density at radius 1 is 1.14 bits per heavy atom. The molecule has 0 saturated heterocycles. The Balaban J connectivity index is 1.86. The highest BCUT2D eigenvalue weighted by molar-refractivity contribution is 7.17. The van der Waals surface area contributed by atoms with Crippen LogP contribution in [0.15, 0.2) is 36.0 Å². The fourth-order valence-corrected chi connectivity index (χ4v) is 2.95. The molecule has 0 spiro atoms. The molecule has 2 heterocycles. The average molecular weight is 298 g/mol. The molecule has 3 rings (SSSR count). The monoisotopic (exact) mass is 298 g/mol. The van der Waals surface area contributed by atoms with Crippen LogP contribution in [-0.4, -0.2) is 16.5 Å². The highest BCUT2D eigenvalue weighted by atomic mass is 32.1. The van der Waals surface area contributed by atoms with Crippen molar-refractivity contribution < 1.29 is 0 Å². The van der Waals surface area contributed by atoms with Crippen molar-refractivity contribution in [3.05, 3.63) is 41.5 Å². The molecule has 2 N–H and O–H groups in total. The molecular weight excluding hydrogens is 280 g/mol. The second kappa shape index (κ2) is 6.10.